The number of likely N-dealkylation sites (N-methyl/N-ethyl adjacent to an activating group) is 1. The first kappa shape index (κ1) is 44.2. The molecule has 0 bridgehead atoms. The number of carbonyl (C=O) groups is 2. The van der Waals surface area contributed by atoms with Crippen molar-refractivity contribution in [2.24, 2.45) is 23.7 Å². The molecule has 0 spiro atoms. The fourth-order valence-electron chi connectivity index (χ4n) is 8.39. The molecule has 54 heavy (non-hydrogen) atoms. The number of ketones is 1. The maximum atomic E-state index is 13.8. The average molecular weight is 756 g/mol. The monoisotopic (exact) mass is 756 g/mol. The second-order valence-electron chi connectivity index (χ2n) is 16.3. The van der Waals surface area contributed by atoms with Gasteiger partial charge in [-0.1, -0.05) is 75.2 Å². The third-order valence-electron chi connectivity index (χ3n) is 11.8. The van der Waals surface area contributed by atoms with Crippen molar-refractivity contribution in [3.05, 3.63) is 59.7 Å². The fourth-order valence-corrected chi connectivity index (χ4v) is 8.39. The Kier molecular flexibility index (Phi) is 17.8. The van der Waals surface area contributed by atoms with E-state index in [1.165, 1.54) is 6.42 Å². The Morgan fingerprint density at radius 1 is 0.981 bits per heavy atom. The Morgan fingerprint density at radius 3 is 2.35 bits per heavy atom. The van der Waals surface area contributed by atoms with E-state index in [0.717, 1.165) is 43.6 Å². The number of rotatable bonds is 11. The topological polar surface area (TPSA) is 141 Å². The van der Waals surface area contributed by atoms with Crippen LogP contribution in [0.25, 0.3) is 0 Å². The predicted molar refractivity (Wildman–Crippen MR) is 210 cm³/mol. The number of hydrogen-bond acceptors (Lipinski definition) is 11. The summed E-state index contributed by atoms with van der Waals surface area (Å²) in [6.45, 7) is 13.5. The summed E-state index contributed by atoms with van der Waals surface area (Å²) < 4.78 is 19.0. The van der Waals surface area contributed by atoms with Crippen LogP contribution in [0.4, 0.5) is 0 Å². The molecule has 3 heterocycles. The highest BCUT2D eigenvalue weighted by Gasteiger charge is 2.47. The molecular formula is C43H69N3O8. The van der Waals surface area contributed by atoms with Gasteiger partial charge < -0.3 is 44.6 Å². The van der Waals surface area contributed by atoms with E-state index in [1.54, 1.807) is 32.0 Å². The molecule has 0 saturated carbocycles. The zero-order valence-electron chi connectivity index (χ0n) is 33.8. The number of hydrogen-bond donors (Lipinski definition) is 4. The molecule has 1 aromatic carbocycles. The summed E-state index contributed by atoms with van der Waals surface area (Å²) >= 11 is 0. The summed E-state index contributed by atoms with van der Waals surface area (Å²) in [5, 5.41) is 37.8. The SMILES string of the molecule is CCC1OC(=O)CC(O)C(C)C(O[C@@H]2O[C@H](C)[C@@H](O)[C@H](N(C)C)[C@H]2O)C(CCN2CCCCC2)CC(C)C(=O)/C=C\C(C)=C\C1CNCc1ccccc1. The number of ether oxygens (including phenoxy) is 3. The molecule has 2 saturated heterocycles. The number of likely N-dealkylation sites (tertiary alicyclic amines) is 1. The van der Waals surface area contributed by atoms with Crippen molar-refractivity contribution in [2.75, 3.05) is 40.3 Å². The van der Waals surface area contributed by atoms with Gasteiger partial charge >= 0.3 is 5.97 Å². The van der Waals surface area contributed by atoms with Gasteiger partial charge in [-0.25, -0.2) is 0 Å². The minimum absolute atomic E-state index is 0.000331. The Balaban J connectivity index is 1.66. The predicted octanol–water partition coefficient (Wildman–Crippen LogP) is 4.49. The number of allylic oxidation sites excluding steroid dienone is 3. The van der Waals surface area contributed by atoms with Gasteiger partial charge in [0.15, 0.2) is 12.1 Å². The lowest BCUT2D eigenvalue weighted by Gasteiger charge is -2.47. The molecule has 1 aromatic rings. The number of cyclic esters (lactones) is 1. The molecule has 304 valence electrons. The number of benzene rings is 1. The molecule has 0 radical (unpaired) electrons. The molecule has 4 N–H and O–H groups in total. The summed E-state index contributed by atoms with van der Waals surface area (Å²) in [4.78, 5) is 31.6. The van der Waals surface area contributed by atoms with Crippen molar-refractivity contribution in [1.82, 2.24) is 15.1 Å². The third-order valence-corrected chi connectivity index (χ3v) is 11.8. The van der Waals surface area contributed by atoms with Crippen LogP contribution < -0.4 is 5.32 Å². The Morgan fingerprint density at radius 2 is 1.69 bits per heavy atom. The van der Waals surface area contributed by atoms with E-state index in [-0.39, 0.29) is 30.0 Å². The number of nitrogens with one attached hydrogen (secondary N) is 1. The average Bonchev–Trinajstić information content (AvgIpc) is 3.15. The van der Waals surface area contributed by atoms with E-state index in [9.17, 15) is 24.9 Å². The first-order chi connectivity index (χ1) is 25.8. The van der Waals surface area contributed by atoms with Crippen molar-refractivity contribution in [3.8, 4) is 0 Å². The van der Waals surface area contributed by atoms with Gasteiger partial charge in [-0.3, -0.25) is 9.59 Å². The summed E-state index contributed by atoms with van der Waals surface area (Å²) in [5.74, 6) is -1.83. The molecule has 3 aliphatic rings. The van der Waals surface area contributed by atoms with Gasteiger partial charge in [0.05, 0.1) is 36.9 Å². The van der Waals surface area contributed by atoms with Gasteiger partial charge in [0.2, 0.25) is 0 Å². The Hall–Kier alpha value is -2.48. The zero-order valence-corrected chi connectivity index (χ0v) is 33.8. The lowest BCUT2D eigenvalue weighted by Crippen LogP contribution is -2.63. The second kappa shape index (κ2) is 21.7. The number of nitrogens with zero attached hydrogens (tertiary/aromatic N) is 2. The number of carbonyl (C=O) groups excluding carboxylic acids is 2. The molecule has 0 amide bonds. The molecule has 4 rings (SSSR count). The molecule has 3 aliphatic heterocycles. The van der Waals surface area contributed by atoms with Crippen LogP contribution in [0, 0.1) is 23.7 Å². The number of esters is 1. The highest BCUT2D eigenvalue weighted by Crippen LogP contribution is 2.35. The van der Waals surface area contributed by atoms with Crippen LogP contribution >= 0.6 is 0 Å². The van der Waals surface area contributed by atoms with Gasteiger partial charge in [-0.2, -0.15) is 0 Å². The number of aliphatic hydroxyl groups is 3. The standard InChI is InChI=1S/C43H69N3O8/c1-8-37-34(27-44-26-32-15-11-9-12-16-32)23-28(2)17-18-35(47)29(3)24-33(19-22-46-20-13-10-14-21-46)42(30(4)36(48)25-38(49)53-37)54-43-41(51)39(45(6)7)40(50)31(5)52-43/h9,11-12,15-18,23,29-31,33-34,36-37,39-44,48,50-51H,8,10,13-14,19-22,24-27H2,1-7H3/b18-17-,28-23+/t29?,30?,31-,33?,34?,36?,37?,39+,40-,41-,42?,43+/m1/s1. The van der Waals surface area contributed by atoms with Crippen LogP contribution in [0.5, 0.6) is 0 Å². The normalized spacial score (nSPS) is 37.1. The summed E-state index contributed by atoms with van der Waals surface area (Å²) in [6, 6.07) is 9.46. The summed E-state index contributed by atoms with van der Waals surface area (Å²) in [6.07, 6.45) is 4.47. The van der Waals surface area contributed by atoms with E-state index in [4.69, 9.17) is 14.2 Å². The van der Waals surface area contributed by atoms with E-state index in [0.29, 0.717) is 32.4 Å². The first-order valence-corrected chi connectivity index (χ1v) is 20.4. The second-order valence-corrected chi connectivity index (χ2v) is 16.3. The van der Waals surface area contributed by atoms with Crippen molar-refractivity contribution >= 4 is 11.8 Å². The lowest BCUT2D eigenvalue weighted by molar-refractivity contribution is -0.304. The zero-order chi connectivity index (χ0) is 39.4. The van der Waals surface area contributed by atoms with Crippen molar-refractivity contribution in [1.29, 1.82) is 0 Å². The van der Waals surface area contributed by atoms with Gasteiger partial charge in [-0.05, 0) is 97.2 Å². The Bertz CT molecular complexity index is 1350. The highest BCUT2D eigenvalue weighted by molar-refractivity contribution is 5.91. The van der Waals surface area contributed by atoms with Gasteiger partial charge in [-0.15, -0.1) is 0 Å². The van der Waals surface area contributed by atoms with Crippen LogP contribution in [-0.4, -0.2) is 126 Å². The molecule has 11 nitrogen and oxygen atoms in total. The van der Waals surface area contributed by atoms with Crippen LogP contribution in [0.3, 0.4) is 0 Å². The first-order valence-electron chi connectivity index (χ1n) is 20.4. The third kappa shape index (κ3) is 12.8. The van der Waals surface area contributed by atoms with Crippen LogP contribution in [-0.2, 0) is 30.3 Å². The molecule has 7 unspecified atom stereocenters. The molecule has 12 atom stereocenters. The minimum Gasteiger partial charge on any atom is -0.462 e. The molecule has 11 heteroatoms. The van der Waals surface area contributed by atoms with Crippen molar-refractivity contribution in [3.63, 3.8) is 0 Å². The van der Waals surface area contributed by atoms with Gasteiger partial charge in [0, 0.05) is 30.8 Å². The number of aliphatic hydroxyl groups excluding tert-OH is 3. The van der Waals surface area contributed by atoms with E-state index in [1.807, 2.05) is 52.0 Å². The quantitative estimate of drug-likeness (QED) is 0.238. The van der Waals surface area contributed by atoms with Gasteiger partial charge in [0.1, 0.15) is 12.2 Å². The molecule has 0 aliphatic carbocycles. The van der Waals surface area contributed by atoms with Crippen LogP contribution in [0.1, 0.15) is 85.1 Å². The van der Waals surface area contributed by atoms with Crippen LogP contribution in [0.15, 0.2) is 54.1 Å². The van der Waals surface area contributed by atoms with Gasteiger partial charge in [0.25, 0.3) is 0 Å². The highest BCUT2D eigenvalue weighted by atomic mass is 16.7. The fraction of sp³-hybridized carbons (Fsp3) is 0.721. The molecule has 2 fully saturated rings. The summed E-state index contributed by atoms with van der Waals surface area (Å²) in [5.41, 5.74) is 2.04. The maximum absolute atomic E-state index is 13.8. The summed E-state index contributed by atoms with van der Waals surface area (Å²) in [7, 11) is 3.59. The molecule has 0 aromatic heterocycles. The van der Waals surface area contributed by atoms with Crippen molar-refractivity contribution < 1.29 is 39.1 Å². The van der Waals surface area contributed by atoms with Crippen LogP contribution in [0.2, 0.25) is 0 Å². The molecular weight excluding hydrogens is 686 g/mol. The minimum atomic E-state index is -1.18. The lowest BCUT2D eigenvalue weighted by atomic mass is 9.79. The Labute approximate surface area is 324 Å². The van der Waals surface area contributed by atoms with E-state index in [2.05, 4.69) is 28.4 Å². The van der Waals surface area contributed by atoms with Crippen molar-refractivity contribution in [2.45, 2.75) is 135 Å². The van der Waals surface area contributed by atoms with E-state index >= 15 is 0 Å². The number of piperidine rings is 1. The smallest absolute Gasteiger partial charge is 0.308 e. The van der Waals surface area contributed by atoms with E-state index < -0.39 is 60.8 Å². The largest absolute Gasteiger partial charge is 0.462 e. The maximum Gasteiger partial charge on any atom is 0.308 e.